The normalized spacial score (nSPS) is 10.3. The predicted molar refractivity (Wildman–Crippen MR) is 117 cm³/mol. The number of para-hydroxylation sites is 1. The number of carbonyl (C=O) groups excluding carboxylic acids is 1. The molecule has 0 saturated heterocycles. The standard InChI is InChI=1S/C25H27NO4/c1-28-23-14-13-20(17-24(23)29-2)15-16-26(18-21-9-5-3-6-10-21)25(27)19-30-22-11-7-4-8-12-22/h3-14,17H,15-16,18-19H2,1-2H3. The molecule has 0 aromatic heterocycles. The van der Waals surface area contributed by atoms with E-state index in [0.29, 0.717) is 36.8 Å². The largest absolute Gasteiger partial charge is 0.493 e. The second-order valence-electron chi connectivity index (χ2n) is 6.84. The van der Waals surface area contributed by atoms with Crippen LogP contribution in [0.2, 0.25) is 0 Å². The Morgan fingerprint density at radius 1 is 0.800 bits per heavy atom. The van der Waals surface area contributed by atoms with Crippen molar-refractivity contribution in [1.82, 2.24) is 4.90 Å². The first-order chi connectivity index (χ1) is 14.7. The lowest BCUT2D eigenvalue weighted by molar-refractivity contribution is -0.134. The summed E-state index contributed by atoms with van der Waals surface area (Å²) >= 11 is 0. The van der Waals surface area contributed by atoms with Gasteiger partial charge in [0.1, 0.15) is 5.75 Å². The maximum atomic E-state index is 12.9. The Hall–Kier alpha value is -3.47. The molecular formula is C25H27NO4. The number of benzene rings is 3. The molecule has 5 heteroatoms. The van der Waals surface area contributed by atoms with Gasteiger partial charge in [0.2, 0.25) is 0 Å². The summed E-state index contributed by atoms with van der Waals surface area (Å²) in [7, 11) is 3.23. The van der Waals surface area contributed by atoms with Crippen LogP contribution in [0.4, 0.5) is 0 Å². The van der Waals surface area contributed by atoms with Gasteiger partial charge in [-0.1, -0.05) is 54.6 Å². The van der Waals surface area contributed by atoms with Gasteiger partial charge in [-0.15, -0.1) is 0 Å². The Morgan fingerprint density at radius 2 is 1.47 bits per heavy atom. The maximum absolute atomic E-state index is 12.9. The minimum absolute atomic E-state index is 0.00276. The second-order valence-corrected chi connectivity index (χ2v) is 6.84. The lowest BCUT2D eigenvalue weighted by atomic mass is 10.1. The molecule has 0 spiro atoms. The third-order valence-corrected chi connectivity index (χ3v) is 4.79. The molecule has 5 nitrogen and oxygen atoms in total. The lowest BCUT2D eigenvalue weighted by Crippen LogP contribution is -2.36. The van der Waals surface area contributed by atoms with Gasteiger partial charge in [-0.3, -0.25) is 4.79 Å². The molecule has 3 rings (SSSR count). The van der Waals surface area contributed by atoms with Crippen LogP contribution in [-0.4, -0.2) is 38.2 Å². The van der Waals surface area contributed by atoms with Crippen LogP contribution in [0.25, 0.3) is 0 Å². The molecule has 0 radical (unpaired) electrons. The minimum atomic E-state index is -0.0526. The summed E-state index contributed by atoms with van der Waals surface area (Å²) in [5.74, 6) is 2.01. The van der Waals surface area contributed by atoms with E-state index in [1.165, 1.54) is 0 Å². The fourth-order valence-corrected chi connectivity index (χ4v) is 3.15. The van der Waals surface area contributed by atoms with E-state index >= 15 is 0 Å². The topological polar surface area (TPSA) is 48.0 Å². The van der Waals surface area contributed by atoms with Crippen LogP contribution in [0.1, 0.15) is 11.1 Å². The Morgan fingerprint density at radius 3 is 2.13 bits per heavy atom. The summed E-state index contributed by atoms with van der Waals surface area (Å²) in [6, 6.07) is 25.2. The number of amides is 1. The van der Waals surface area contributed by atoms with Gasteiger partial charge >= 0.3 is 0 Å². The van der Waals surface area contributed by atoms with Gasteiger partial charge < -0.3 is 19.1 Å². The average Bonchev–Trinajstić information content (AvgIpc) is 2.81. The minimum Gasteiger partial charge on any atom is -0.493 e. The van der Waals surface area contributed by atoms with E-state index in [-0.39, 0.29) is 12.5 Å². The third-order valence-electron chi connectivity index (χ3n) is 4.79. The van der Waals surface area contributed by atoms with Gasteiger partial charge in [-0.25, -0.2) is 0 Å². The molecule has 3 aromatic rings. The number of hydrogen-bond acceptors (Lipinski definition) is 4. The molecule has 156 valence electrons. The molecule has 30 heavy (non-hydrogen) atoms. The number of hydrogen-bond donors (Lipinski definition) is 0. The monoisotopic (exact) mass is 405 g/mol. The summed E-state index contributed by atoms with van der Waals surface area (Å²) in [5, 5.41) is 0. The van der Waals surface area contributed by atoms with Gasteiger partial charge in [-0.05, 0) is 41.8 Å². The van der Waals surface area contributed by atoms with E-state index in [1.807, 2.05) is 83.8 Å². The summed E-state index contributed by atoms with van der Waals surface area (Å²) in [4.78, 5) is 14.8. The second kappa shape index (κ2) is 10.9. The lowest BCUT2D eigenvalue weighted by Gasteiger charge is -2.23. The molecule has 0 saturated carbocycles. The molecule has 0 heterocycles. The van der Waals surface area contributed by atoms with Crippen molar-refractivity contribution in [3.8, 4) is 17.2 Å². The van der Waals surface area contributed by atoms with E-state index in [9.17, 15) is 4.79 Å². The number of methoxy groups -OCH3 is 2. The van der Waals surface area contributed by atoms with Gasteiger partial charge in [0.15, 0.2) is 18.1 Å². The molecule has 0 unspecified atom stereocenters. The van der Waals surface area contributed by atoms with E-state index in [2.05, 4.69) is 0 Å². The first-order valence-corrected chi connectivity index (χ1v) is 9.90. The number of ether oxygens (including phenoxy) is 3. The maximum Gasteiger partial charge on any atom is 0.260 e. The van der Waals surface area contributed by atoms with Crippen molar-refractivity contribution in [2.24, 2.45) is 0 Å². The molecule has 0 atom stereocenters. The van der Waals surface area contributed by atoms with Gasteiger partial charge in [0, 0.05) is 13.1 Å². The molecule has 0 aliphatic heterocycles. The van der Waals surface area contributed by atoms with Crippen LogP contribution in [0.15, 0.2) is 78.9 Å². The summed E-state index contributed by atoms with van der Waals surface area (Å²) in [5.41, 5.74) is 2.15. The fraction of sp³-hybridized carbons (Fsp3) is 0.240. The molecule has 0 bridgehead atoms. The summed E-state index contributed by atoms with van der Waals surface area (Å²) in [6.45, 7) is 1.11. The van der Waals surface area contributed by atoms with Crippen LogP contribution in [0.5, 0.6) is 17.2 Å². The zero-order valence-electron chi connectivity index (χ0n) is 17.4. The van der Waals surface area contributed by atoms with Crippen LogP contribution in [-0.2, 0) is 17.8 Å². The zero-order valence-corrected chi connectivity index (χ0v) is 17.4. The van der Waals surface area contributed by atoms with Crippen molar-refractivity contribution in [3.05, 3.63) is 90.0 Å². The van der Waals surface area contributed by atoms with E-state index in [1.54, 1.807) is 14.2 Å². The van der Waals surface area contributed by atoms with Gasteiger partial charge in [0.25, 0.3) is 5.91 Å². The Labute approximate surface area is 177 Å². The quantitative estimate of drug-likeness (QED) is 0.503. The predicted octanol–water partition coefficient (Wildman–Crippen LogP) is 4.35. The molecule has 1 amide bonds. The fourth-order valence-electron chi connectivity index (χ4n) is 3.15. The number of rotatable bonds is 10. The van der Waals surface area contributed by atoms with Crippen LogP contribution < -0.4 is 14.2 Å². The van der Waals surface area contributed by atoms with Crippen molar-refractivity contribution < 1.29 is 19.0 Å². The van der Waals surface area contributed by atoms with E-state index < -0.39 is 0 Å². The van der Waals surface area contributed by atoms with Crippen molar-refractivity contribution in [1.29, 1.82) is 0 Å². The highest BCUT2D eigenvalue weighted by Crippen LogP contribution is 2.27. The SMILES string of the molecule is COc1ccc(CCN(Cc2ccccc2)C(=O)COc2ccccc2)cc1OC. The Kier molecular flexibility index (Phi) is 7.72. The molecule has 0 N–H and O–H groups in total. The highest BCUT2D eigenvalue weighted by Gasteiger charge is 2.16. The highest BCUT2D eigenvalue weighted by molar-refractivity contribution is 5.77. The van der Waals surface area contributed by atoms with Crippen LogP contribution in [0, 0.1) is 0 Å². The first kappa shape index (κ1) is 21.2. The molecular weight excluding hydrogens is 378 g/mol. The number of carbonyl (C=O) groups is 1. The molecule has 0 aliphatic carbocycles. The van der Waals surface area contributed by atoms with E-state index in [4.69, 9.17) is 14.2 Å². The van der Waals surface area contributed by atoms with E-state index in [0.717, 1.165) is 11.1 Å². The van der Waals surface area contributed by atoms with Crippen molar-refractivity contribution in [2.45, 2.75) is 13.0 Å². The first-order valence-electron chi connectivity index (χ1n) is 9.90. The molecule has 3 aromatic carbocycles. The average molecular weight is 405 g/mol. The van der Waals surface area contributed by atoms with Gasteiger partial charge in [0.05, 0.1) is 14.2 Å². The molecule has 0 aliphatic rings. The van der Waals surface area contributed by atoms with Crippen LogP contribution in [0.3, 0.4) is 0 Å². The van der Waals surface area contributed by atoms with Crippen molar-refractivity contribution in [3.63, 3.8) is 0 Å². The Balaban J connectivity index is 1.68. The zero-order chi connectivity index (χ0) is 21.2. The summed E-state index contributed by atoms with van der Waals surface area (Å²) in [6.07, 6.45) is 0.699. The van der Waals surface area contributed by atoms with Gasteiger partial charge in [-0.2, -0.15) is 0 Å². The molecule has 0 fully saturated rings. The van der Waals surface area contributed by atoms with Crippen molar-refractivity contribution in [2.75, 3.05) is 27.4 Å². The number of nitrogens with zero attached hydrogens (tertiary/aromatic N) is 1. The van der Waals surface area contributed by atoms with Crippen LogP contribution >= 0.6 is 0 Å². The third kappa shape index (κ3) is 6.01. The summed E-state index contributed by atoms with van der Waals surface area (Å²) < 4.78 is 16.4. The highest BCUT2D eigenvalue weighted by atomic mass is 16.5. The van der Waals surface area contributed by atoms with Crippen molar-refractivity contribution >= 4 is 5.91 Å². The smallest absolute Gasteiger partial charge is 0.260 e. The Bertz CT molecular complexity index is 928.